The number of rotatable bonds is 3. The standard InChI is InChI=1S/C14H29N3/c1-13(2)12-16-8-10-17(11-9-16)14-4-3-6-15-7-5-14/h13-15H,3-12H2,1-2H3. The third kappa shape index (κ3) is 4.23. The molecule has 0 aromatic rings. The van der Waals surface area contributed by atoms with Gasteiger partial charge >= 0.3 is 0 Å². The third-order valence-electron chi connectivity index (χ3n) is 4.09. The average molecular weight is 239 g/mol. The Bertz CT molecular complexity index is 202. The lowest BCUT2D eigenvalue weighted by Gasteiger charge is -2.39. The summed E-state index contributed by atoms with van der Waals surface area (Å²) >= 11 is 0. The quantitative estimate of drug-likeness (QED) is 0.803. The first kappa shape index (κ1) is 13.3. The van der Waals surface area contributed by atoms with E-state index in [1.54, 1.807) is 0 Å². The minimum Gasteiger partial charge on any atom is -0.317 e. The number of piperazine rings is 1. The molecule has 17 heavy (non-hydrogen) atoms. The van der Waals surface area contributed by atoms with Crippen LogP contribution >= 0.6 is 0 Å². The van der Waals surface area contributed by atoms with E-state index in [9.17, 15) is 0 Å². The highest BCUT2D eigenvalue weighted by Crippen LogP contribution is 2.16. The molecule has 0 spiro atoms. The lowest BCUT2D eigenvalue weighted by Crippen LogP contribution is -2.51. The molecule has 2 saturated heterocycles. The second-order valence-electron chi connectivity index (χ2n) is 6.07. The summed E-state index contributed by atoms with van der Waals surface area (Å²) in [4.78, 5) is 5.37. The van der Waals surface area contributed by atoms with Crippen molar-refractivity contribution < 1.29 is 0 Å². The monoisotopic (exact) mass is 239 g/mol. The summed E-state index contributed by atoms with van der Waals surface area (Å²) in [5.41, 5.74) is 0. The lowest BCUT2D eigenvalue weighted by molar-refractivity contribution is 0.0839. The van der Waals surface area contributed by atoms with E-state index in [-0.39, 0.29) is 0 Å². The summed E-state index contributed by atoms with van der Waals surface area (Å²) in [6, 6.07) is 0.853. The first-order valence-corrected chi connectivity index (χ1v) is 7.43. The maximum absolute atomic E-state index is 3.51. The van der Waals surface area contributed by atoms with E-state index in [0.29, 0.717) is 0 Å². The predicted octanol–water partition coefficient (Wildman–Crippen LogP) is 1.40. The molecule has 1 N–H and O–H groups in total. The van der Waals surface area contributed by atoms with E-state index in [2.05, 4.69) is 29.0 Å². The molecule has 0 aromatic carbocycles. The second kappa shape index (κ2) is 6.72. The van der Waals surface area contributed by atoms with Gasteiger partial charge in [0.15, 0.2) is 0 Å². The van der Waals surface area contributed by atoms with Crippen LogP contribution in [0, 0.1) is 5.92 Å². The van der Waals surface area contributed by atoms with Crippen molar-refractivity contribution in [1.82, 2.24) is 15.1 Å². The number of nitrogens with zero attached hydrogens (tertiary/aromatic N) is 2. The SMILES string of the molecule is CC(C)CN1CCN(C2CCCNCC2)CC1. The molecule has 1 atom stereocenters. The van der Waals surface area contributed by atoms with Gasteiger partial charge in [-0.2, -0.15) is 0 Å². The highest BCUT2D eigenvalue weighted by atomic mass is 15.3. The molecule has 0 bridgehead atoms. The molecule has 2 aliphatic rings. The lowest BCUT2D eigenvalue weighted by atomic mass is 10.1. The minimum absolute atomic E-state index is 0.809. The van der Waals surface area contributed by atoms with Gasteiger partial charge < -0.3 is 10.2 Å². The summed E-state index contributed by atoms with van der Waals surface area (Å²) in [7, 11) is 0. The Morgan fingerprint density at radius 3 is 2.53 bits per heavy atom. The van der Waals surface area contributed by atoms with Crippen LogP contribution in [0.2, 0.25) is 0 Å². The zero-order chi connectivity index (χ0) is 12.1. The van der Waals surface area contributed by atoms with Crippen LogP contribution in [0.25, 0.3) is 0 Å². The fourth-order valence-corrected chi connectivity index (χ4v) is 3.19. The third-order valence-corrected chi connectivity index (χ3v) is 4.09. The van der Waals surface area contributed by atoms with Gasteiger partial charge in [-0.1, -0.05) is 13.8 Å². The Kier molecular flexibility index (Phi) is 5.26. The summed E-state index contributed by atoms with van der Waals surface area (Å²) in [5.74, 6) is 0.809. The Labute approximate surface area is 107 Å². The highest BCUT2D eigenvalue weighted by molar-refractivity contribution is 4.81. The van der Waals surface area contributed by atoms with Crippen molar-refractivity contribution in [1.29, 1.82) is 0 Å². The highest BCUT2D eigenvalue weighted by Gasteiger charge is 2.24. The molecular formula is C14H29N3. The summed E-state index contributed by atoms with van der Waals surface area (Å²) in [5, 5.41) is 3.51. The maximum Gasteiger partial charge on any atom is 0.0113 e. The summed E-state index contributed by atoms with van der Waals surface area (Å²) in [6.07, 6.45) is 4.11. The zero-order valence-corrected chi connectivity index (χ0v) is 11.6. The minimum atomic E-state index is 0.809. The van der Waals surface area contributed by atoms with Crippen LogP contribution in [-0.2, 0) is 0 Å². The number of nitrogens with one attached hydrogen (secondary N) is 1. The molecule has 100 valence electrons. The van der Waals surface area contributed by atoms with E-state index in [1.807, 2.05) is 0 Å². The second-order valence-corrected chi connectivity index (χ2v) is 6.07. The Morgan fingerprint density at radius 1 is 1.06 bits per heavy atom. The largest absolute Gasteiger partial charge is 0.317 e. The first-order chi connectivity index (χ1) is 8.25. The van der Waals surface area contributed by atoms with Gasteiger partial charge in [-0.3, -0.25) is 4.90 Å². The van der Waals surface area contributed by atoms with Gasteiger partial charge in [0.25, 0.3) is 0 Å². The Hall–Kier alpha value is -0.120. The topological polar surface area (TPSA) is 18.5 Å². The smallest absolute Gasteiger partial charge is 0.0113 e. The van der Waals surface area contributed by atoms with Crippen LogP contribution in [0.15, 0.2) is 0 Å². The van der Waals surface area contributed by atoms with Crippen LogP contribution in [0.1, 0.15) is 33.1 Å². The van der Waals surface area contributed by atoms with Crippen molar-refractivity contribution >= 4 is 0 Å². The molecule has 2 aliphatic heterocycles. The number of hydrogen-bond acceptors (Lipinski definition) is 3. The molecule has 0 saturated carbocycles. The van der Waals surface area contributed by atoms with E-state index in [4.69, 9.17) is 0 Å². The van der Waals surface area contributed by atoms with Crippen molar-refractivity contribution in [3.05, 3.63) is 0 Å². The molecule has 0 aromatic heterocycles. The van der Waals surface area contributed by atoms with E-state index in [0.717, 1.165) is 12.0 Å². The van der Waals surface area contributed by atoms with Crippen LogP contribution in [0.5, 0.6) is 0 Å². The molecule has 0 radical (unpaired) electrons. The van der Waals surface area contributed by atoms with E-state index in [1.165, 1.54) is 65.1 Å². The van der Waals surface area contributed by atoms with Gasteiger partial charge in [-0.25, -0.2) is 0 Å². The van der Waals surface area contributed by atoms with Crippen molar-refractivity contribution in [2.24, 2.45) is 5.92 Å². The molecule has 3 nitrogen and oxygen atoms in total. The van der Waals surface area contributed by atoms with Gasteiger partial charge in [0.2, 0.25) is 0 Å². The van der Waals surface area contributed by atoms with Gasteiger partial charge in [0.1, 0.15) is 0 Å². The van der Waals surface area contributed by atoms with E-state index < -0.39 is 0 Å². The predicted molar refractivity (Wildman–Crippen MR) is 73.4 cm³/mol. The van der Waals surface area contributed by atoms with Crippen molar-refractivity contribution in [3.8, 4) is 0 Å². The fourth-order valence-electron chi connectivity index (χ4n) is 3.19. The van der Waals surface area contributed by atoms with Crippen molar-refractivity contribution in [2.75, 3.05) is 45.8 Å². The van der Waals surface area contributed by atoms with Gasteiger partial charge in [-0.05, 0) is 38.3 Å². The maximum atomic E-state index is 3.51. The van der Waals surface area contributed by atoms with Crippen LogP contribution in [0.3, 0.4) is 0 Å². The Morgan fingerprint density at radius 2 is 1.82 bits per heavy atom. The summed E-state index contributed by atoms with van der Waals surface area (Å²) < 4.78 is 0. The average Bonchev–Trinajstić information content (AvgIpc) is 2.58. The van der Waals surface area contributed by atoms with Crippen LogP contribution < -0.4 is 5.32 Å². The first-order valence-electron chi connectivity index (χ1n) is 7.43. The molecule has 3 heteroatoms. The van der Waals surface area contributed by atoms with Gasteiger partial charge in [-0.15, -0.1) is 0 Å². The molecule has 0 amide bonds. The summed E-state index contributed by atoms with van der Waals surface area (Å²) in [6.45, 7) is 13.5. The zero-order valence-electron chi connectivity index (χ0n) is 11.6. The van der Waals surface area contributed by atoms with E-state index >= 15 is 0 Å². The normalized spacial score (nSPS) is 29.5. The number of hydrogen-bond donors (Lipinski definition) is 1. The molecule has 2 fully saturated rings. The Balaban J connectivity index is 1.73. The molecule has 1 unspecified atom stereocenters. The van der Waals surface area contributed by atoms with Crippen molar-refractivity contribution in [3.63, 3.8) is 0 Å². The van der Waals surface area contributed by atoms with Crippen molar-refractivity contribution in [2.45, 2.75) is 39.2 Å². The fraction of sp³-hybridized carbons (Fsp3) is 1.00. The van der Waals surface area contributed by atoms with Crippen LogP contribution in [0.4, 0.5) is 0 Å². The molecular weight excluding hydrogens is 210 g/mol. The van der Waals surface area contributed by atoms with Gasteiger partial charge in [0, 0.05) is 38.8 Å². The molecule has 2 heterocycles. The van der Waals surface area contributed by atoms with Gasteiger partial charge in [0.05, 0.1) is 0 Å². The molecule has 0 aliphatic carbocycles. The van der Waals surface area contributed by atoms with Crippen LogP contribution in [-0.4, -0.2) is 61.7 Å². The molecule has 2 rings (SSSR count).